The molecule has 132 valence electrons. The molecule has 0 atom stereocenters. The molecule has 0 bridgehead atoms. The highest BCUT2D eigenvalue weighted by molar-refractivity contribution is 7.92. The monoisotopic (exact) mass is 350 g/mol. The summed E-state index contributed by atoms with van der Waals surface area (Å²) in [6, 6.07) is 8.44. The van der Waals surface area contributed by atoms with Crippen LogP contribution in [0.1, 0.15) is 36.8 Å². The Balaban J connectivity index is 1.41. The number of nitrogens with one attached hydrogen (secondary N) is 1. The van der Waals surface area contributed by atoms with E-state index in [0.717, 1.165) is 38.9 Å². The molecule has 1 amide bonds. The maximum atomic E-state index is 12.2. The Labute approximate surface area is 144 Å². The van der Waals surface area contributed by atoms with Gasteiger partial charge in [-0.2, -0.15) is 0 Å². The van der Waals surface area contributed by atoms with Crippen molar-refractivity contribution in [3.63, 3.8) is 0 Å². The zero-order valence-electron chi connectivity index (χ0n) is 14.0. The molecular formula is C18H26N2O3S. The first kappa shape index (κ1) is 17.4. The van der Waals surface area contributed by atoms with Gasteiger partial charge in [0.05, 0.1) is 5.25 Å². The highest BCUT2D eigenvalue weighted by atomic mass is 32.2. The first-order chi connectivity index (χ1) is 11.5. The predicted molar refractivity (Wildman–Crippen MR) is 94.5 cm³/mol. The summed E-state index contributed by atoms with van der Waals surface area (Å²) in [4.78, 5) is 14.2. The normalized spacial score (nSPS) is 19.2. The van der Waals surface area contributed by atoms with Crippen LogP contribution in [0.4, 0.5) is 0 Å². The van der Waals surface area contributed by atoms with E-state index in [2.05, 4.69) is 34.5 Å². The van der Waals surface area contributed by atoms with Crippen LogP contribution in [0.5, 0.6) is 0 Å². The fourth-order valence-electron chi connectivity index (χ4n) is 3.70. The minimum atomic E-state index is -3.28. The summed E-state index contributed by atoms with van der Waals surface area (Å²) in [7, 11) is -3.28. The highest BCUT2D eigenvalue weighted by Gasteiger charge is 2.30. The molecule has 1 heterocycles. The Morgan fingerprint density at radius 2 is 1.88 bits per heavy atom. The SMILES string of the molecule is O=C(CS(=O)(=O)C1CCCC1)NCCN1CCc2ccccc2C1. The van der Waals surface area contributed by atoms with Gasteiger partial charge in [-0.1, -0.05) is 37.1 Å². The molecule has 0 saturated heterocycles. The number of fused-ring (bicyclic) bond motifs is 1. The molecule has 0 unspecified atom stereocenters. The lowest BCUT2D eigenvalue weighted by molar-refractivity contribution is -0.118. The van der Waals surface area contributed by atoms with Gasteiger partial charge in [-0.15, -0.1) is 0 Å². The number of sulfone groups is 1. The number of carbonyl (C=O) groups excluding carboxylic acids is 1. The van der Waals surface area contributed by atoms with Gasteiger partial charge >= 0.3 is 0 Å². The molecule has 0 radical (unpaired) electrons. The second kappa shape index (κ2) is 7.66. The fourth-order valence-corrected chi connectivity index (χ4v) is 5.45. The maximum Gasteiger partial charge on any atom is 0.235 e. The summed E-state index contributed by atoms with van der Waals surface area (Å²) in [5, 5.41) is 2.47. The third kappa shape index (κ3) is 4.36. The van der Waals surface area contributed by atoms with Gasteiger partial charge in [0.15, 0.2) is 9.84 Å². The molecule has 2 aliphatic rings. The summed E-state index contributed by atoms with van der Waals surface area (Å²) in [5.41, 5.74) is 2.75. The first-order valence-corrected chi connectivity index (χ1v) is 10.5. The van der Waals surface area contributed by atoms with Crippen LogP contribution in [0.25, 0.3) is 0 Å². The second-order valence-electron chi connectivity index (χ2n) is 6.86. The third-order valence-corrected chi connectivity index (χ3v) is 7.25. The van der Waals surface area contributed by atoms with Crippen molar-refractivity contribution in [3.8, 4) is 0 Å². The van der Waals surface area contributed by atoms with Crippen LogP contribution in [0, 0.1) is 0 Å². The molecule has 1 saturated carbocycles. The van der Waals surface area contributed by atoms with Gasteiger partial charge < -0.3 is 5.32 Å². The van der Waals surface area contributed by atoms with Gasteiger partial charge in [-0.05, 0) is 30.4 Å². The summed E-state index contributed by atoms with van der Waals surface area (Å²) in [6.07, 6.45) is 4.37. The lowest BCUT2D eigenvalue weighted by atomic mass is 10.00. The van der Waals surface area contributed by atoms with Crippen molar-refractivity contribution >= 4 is 15.7 Å². The molecule has 1 aromatic rings. The number of hydrogen-bond donors (Lipinski definition) is 1. The molecule has 6 heteroatoms. The second-order valence-corrected chi connectivity index (χ2v) is 9.14. The molecule has 0 aromatic heterocycles. The number of rotatable bonds is 6. The summed E-state index contributed by atoms with van der Waals surface area (Å²) in [6.45, 7) is 3.13. The van der Waals surface area contributed by atoms with Crippen LogP contribution >= 0.6 is 0 Å². The van der Waals surface area contributed by atoms with E-state index >= 15 is 0 Å². The zero-order chi connectivity index (χ0) is 17.0. The predicted octanol–water partition coefficient (Wildman–Crippen LogP) is 1.52. The molecular weight excluding hydrogens is 324 g/mol. The molecule has 0 spiro atoms. The topological polar surface area (TPSA) is 66.5 Å². The summed E-state index contributed by atoms with van der Waals surface area (Å²) < 4.78 is 24.3. The van der Waals surface area contributed by atoms with Crippen LogP contribution in [-0.4, -0.2) is 49.9 Å². The maximum absolute atomic E-state index is 12.2. The summed E-state index contributed by atoms with van der Waals surface area (Å²) in [5.74, 6) is -0.722. The standard InChI is InChI=1S/C18H26N2O3S/c21-18(14-24(22,23)17-7-3-4-8-17)19-10-12-20-11-9-15-5-1-2-6-16(15)13-20/h1-2,5-6,17H,3-4,7-14H2,(H,19,21). The molecule has 1 aliphatic carbocycles. The van der Waals surface area contributed by atoms with Gasteiger partial charge in [-0.3, -0.25) is 9.69 Å². The third-order valence-electron chi connectivity index (χ3n) is 5.10. The number of nitrogens with zero attached hydrogens (tertiary/aromatic N) is 1. The molecule has 3 rings (SSSR count). The Bertz CT molecular complexity index is 681. The van der Waals surface area contributed by atoms with Crippen LogP contribution < -0.4 is 5.32 Å². The van der Waals surface area contributed by atoms with Crippen molar-refractivity contribution in [3.05, 3.63) is 35.4 Å². The average Bonchev–Trinajstić information content (AvgIpc) is 3.10. The molecule has 24 heavy (non-hydrogen) atoms. The van der Waals surface area contributed by atoms with E-state index < -0.39 is 9.84 Å². The number of hydrogen-bond acceptors (Lipinski definition) is 4. The van der Waals surface area contributed by atoms with Crippen LogP contribution in [0.15, 0.2) is 24.3 Å². The van der Waals surface area contributed by atoms with E-state index in [1.165, 1.54) is 11.1 Å². The van der Waals surface area contributed by atoms with Crippen LogP contribution in [0.3, 0.4) is 0 Å². The molecule has 1 N–H and O–H groups in total. The average molecular weight is 350 g/mol. The number of carbonyl (C=O) groups is 1. The van der Waals surface area contributed by atoms with Crippen molar-refractivity contribution in [1.29, 1.82) is 0 Å². The van der Waals surface area contributed by atoms with Gasteiger partial charge in [0.1, 0.15) is 5.75 Å². The van der Waals surface area contributed by atoms with Crippen molar-refractivity contribution in [2.45, 2.75) is 43.9 Å². The lowest BCUT2D eigenvalue weighted by Crippen LogP contribution is -2.40. The van der Waals surface area contributed by atoms with Crippen LogP contribution in [-0.2, 0) is 27.6 Å². The van der Waals surface area contributed by atoms with E-state index in [1.54, 1.807) is 0 Å². The fraction of sp³-hybridized carbons (Fsp3) is 0.611. The quantitative estimate of drug-likeness (QED) is 0.845. The van der Waals surface area contributed by atoms with Gasteiger partial charge in [-0.25, -0.2) is 8.42 Å². The molecule has 5 nitrogen and oxygen atoms in total. The van der Waals surface area contributed by atoms with E-state index in [4.69, 9.17) is 0 Å². The van der Waals surface area contributed by atoms with Crippen molar-refractivity contribution < 1.29 is 13.2 Å². The molecule has 1 fully saturated rings. The Kier molecular flexibility index (Phi) is 5.56. The lowest BCUT2D eigenvalue weighted by Gasteiger charge is -2.28. The van der Waals surface area contributed by atoms with E-state index in [0.29, 0.717) is 19.4 Å². The Morgan fingerprint density at radius 3 is 2.62 bits per heavy atom. The van der Waals surface area contributed by atoms with Crippen molar-refractivity contribution in [2.75, 3.05) is 25.4 Å². The van der Waals surface area contributed by atoms with Gasteiger partial charge in [0.2, 0.25) is 5.91 Å². The smallest absolute Gasteiger partial charge is 0.235 e. The van der Waals surface area contributed by atoms with Crippen molar-refractivity contribution in [2.24, 2.45) is 0 Å². The van der Waals surface area contributed by atoms with Crippen LogP contribution in [0.2, 0.25) is 0 Å². The first-order valence-electron chi connectivity index (χ1n) is 8.82. The molecule has 1 aliphatic heterocycles. The van der Waals surface area contributed by atoms with Gasteiger partial charge in [0.25, 0.3) is 0 Å². The van der Waals surface area contributed by atoms with E-state index in [1.807, 2.05) is 0 Å². The Morgan fingerprint density at radius 1 is 1.17 bits per heavy atom. The zero-order valence-corrected chi connectivity index (χ0v) is 14.9. The minimum absolute atomic E-state index is 0.304. The number of benzene rings is 1. The summed E-state index contributed by atoms with van der Waals surface area (Å²) >= 11 is 0. The largest absolute Gasteiger partial charge is 0.354 e. The van der Waals surface area contributed by atoms with E-state index in [9.17, 15) is 13.2 Å². The van der Waals surface area contributed by atoms with Gasteiger partial charge in [0, 0.05) is 26.2 Å². The minimum Gasteiger partial charge on any atom is -0.354 e. The molecule has 1 aromatic carbocycles. The van der Waals surface area contributed by atoms with E-state index in [-0.39, 0.29) is 16.9 Å². The highest BCUT2D eigenvalue weighted by Crippen LogP contribution is 2.25. The van der Waals surface area contributed by atoms with Crippen molar-refractivity contribution in [1.82, 2.24) is 10.2 Å². The number of amides is 1. The Hall–Kier alpha value is -1.40.